The van der Waals surface area contributed by atoms with Gasteiger partial charge in [-0.25, -0.2) is 4.68 Å². The minimum atomic E-state index is -1.44. The summed E-state index contributed by atoms with van der Waals surface area (Å²) in [7, 11) is 0. The maximum absolute atomic E-state index is 11.4. The van der Waals surface area contributed by atoms with Crippen molar-refractivity contribution in [1.29, 1.82) is 0 Å². The fraction of sp³-hybridized carbons (Fsp3) is 0.0909. The van der Waals surface area contributed by atoms with E-state index in [2.05, 4.69) is 22.2 Å². The van der Waals surface area contributed by atoms with Gasteiger partial charge in [0.1, 0.15) is 12.1 Å². The number of benzene rings is 3. The maximum Gasteiger partial charge on any atom is 0.176 e. The summed E-state index contributed by atoms with van der Waals surface area (Å²) in [5, 5.41) is 20.3. The molecule has 1 aromatic heterocycles. The highest BCUT2D eigenvalue weighted by molar-refractivity contribution is 6.30. The zero-order valence-electron chi connectivity index (χ0n) is 14.4. The second kappa shape index (κ2) is 7.24. The molecule has 0 aliphatic rings. The largest absolute Gasteiger partial charge is 0.369 e. The molecule has 0 aliphatic heterocycles. The van der Waals surface area contributed by atoms with Gasteiger partial charge in [-0.1, -0.05) is 83.3 Å². The highest BCUT2D eigenvalue weighted by atomic mass is 35.5. The zero-order chi connectivity index (χ0) is 18.7. The monoisotopic (exact) mass is 373 g/mol. The van der Waals surface area contributed by atoms with Crippen LogP contribution in [0.1, 0.15) is 11.1 Å². The fourth-order valence-electron chi connectivity index (χ4n) is 2.96. The van der Waals surface area contributed by atoms with E-state index in [4.69, 9.17) is 11.6 Å². The Hall–Kier alpha value is -3.13. The molecule has 3 aromatic carbocycles. The number of rotatable bonds is 3. The molecule has 4 aromatic rings. The Labute approximate surface area is 162 Å². The van der Waals surface area contributed by atoms with Gasteiger partial charge in [-0.3, -0.25) is 0 Å². The van der Waals surface area contributed by atoms with Crippen molar-refractivity contribution in [2.45, 2.75) is 12.1 Å². The van der Waals surface area contributed by atoms with Gasteiger partial charge < -0.3 is 5.11 Å². The van der Waals surface area contributed by atoms with Gasteiger partial charge >= 0.3 is 0 Å². The van der Waals surface area contributed by atoms with Crippen molar-refractivity contribution in [1.82, 2.24) is 15.0 Å². The van der Waals surface area contributed by atoms with Gasteiger partial charge in [-0.05, 0) is 24.3 Å². The van der Waals surface area contributed by atoms with Crippen LogP contribution in [0.2, 0.25) is 5.02 Å². The number of aliphatic hydroxyl groups is 1. The minimum Gasteiger partial charge on any atom is -0.369 e. The molecule has 4 rings (SSSR count). The smallest absolute Gasteiger partial charge is 0.176 e. The van der Waals surface area contributed by atoms with Gasteiger partial charge in [0.2, 0.25) is 0 Å². The molecule has 27 heavy (non-hydrogen) atoms. The first-order valence-electron chi connectivity index (χ1n) is 8.49. The van der Waals surface area contributed by atoms with E-state index in [1.807, 2.05) is 54.6 Å². The summed E-state index contributed by atoms with van der Waals surface area (Å²) in [4.78, 5) is 0. The molecule has 0 aliphatic carbocycles. The number of aromatic nitrogens is 3. The average molecular weight is 374 g/mol. The number of para-hydroxylation sites is 1. The highest BCUT2D eigenvalue weighted by Gasteiger charge is 2.29. The normalized spacial score (nSPS) is 13.0. The third kappa shape index (κ3) is 3.43. The molecule has 1 atom stereocenters. The molecule has 4 nitrogen and oxygen atoms in total. The number of fused-ring (bicyclic) bond motifs is 1. The van der Waals surface area contributed by atoms with Crippen LogP contribution in [0.25, 0.3) is 11.0 Å². The topological polar surface area (TPSA) is 50.9 Å². The van der Waals surface area contributed by atoms with E-state index in [1.165, 1.54) is 0 Å². The molecule has 0 saturated heterocycles. The molecule has 132 valence electrons. The quantitative estimate of drug-likeness (QED) is 0.552. The number of hydrogen-bond donors (Lipinski definition) is 1. The molecule has 0 saturated carbocycles. The molecule has 1 heterocycles. The summed E-state index contributed by atoms with van der Waals surface area (Å²) in [6, 6.07) is 24.1. The summed E-state index contributed by atoms with van der Waals surface area (Å²) < 4.78 is 1.72. The summed E-state index contributed by atoms with van der Waals surface area (Å²) in [5.74, 6) is 6.08. The van der Waals surface area contributed by atoms with E-state index in [0.29, 0.717) is 22.7 Å². The van der Waals surface area contributed by atoms with E-state index in [0.717, 1.165) is 11.0 Å². The van der Waals surface area contributed by atoms with Gasteiger partial charge in [-0.2, -0.15) is 0 Å². The van der Waals surface area contributed by atoms with Crippen molar-refractivity contribution in [3.63, 3.8) is 0 Å². The zero-order valence-corrected chi connectivity index (χ0v) is 15.1. The summed E-state index contributed by atoms with van der Waals surface area (Å²) >= 11 is 6.00. The van der Waals surface area contributed by atoms with Crippen molar-refractivity contribution >= 4 is 22.6 Å². The Morgan fingerprint density at radius 1 is 0.889 bits per heavy atom. The van der Waals surface area contributed by atoms with Crippen LogP contribution in [0.5, 0.6) is 0 Å². The molecule has 1 unspecified atom stereocenters. The molecule has 0 radical (unpaired) electrons. The average Bonchev–Trinajstić information content (AvgIpc) is 3.12. The minimum absolute atomic E-state index is 0.323. The first-order chi connectivity index (χ1) is 13.2. The van der Waals surface area contributed by atoms with Gasteiger partial charge in [0.05, 0.1) is 5.52 Å². The Kier molecular flexibility index (Phi) is 4.64. The molecule has 1 N–H and O–H groups in total. The van der Waals surface area contributed by atoms with Crippen molar-refractivity contribution in [3.8, 4) is 11.8 Å². The van der Waals surface area contributed by atoms with Crippen LogP contribution in [0.3, 0.4) is 0 Å². The fourth-order valence-corrected chi connectivity index (χ4v) is 3.08. The Morgan fingerprint density at radius 3 is 2.33 bits per heavy atom. The van der Waals surface area contributed by atoms with E-state index in [-0.39, 0.29) is 0 Å². The second-order valence-corrected chi connectivity index (χ2v) is 6.56. The first-order valence-corrected chi connectivity index (χ1v) is 8.87. The number of nitrogens with zero attached hydrogens (tertiary/aromatic N) is 3. The molecule has 0 bridgehead atoms. The van der Waals surface area contributed by atoms with E-state index in [1.54, 1.807) is 28.9 Å². The van der Waals surface area contributed by atoms with Crippen molar-refractivity contribution < 1.29 is 5.11 Å². The van der Waals surface area contributed by atoms with Crippen molar-refractivity contribution in [3.05, 3.63) is 95.0 Å². The summed E-state index contributed by atoms with van der Waals surface area (Å²) in [6.07, 6.45) is 0. The molecular weight excluding hydrogens is 358 g/mol. The Morgan fingerprint density at radius 2 is 1.56 bits per heavy atom. The lowest BCUT2D eigenvalue weighted by Crippen LogP contribution is -2.25. The van der Waals surface area contributed by atoms with Crippen LogP contribution < -0.4 is 0 Å². The number of halogens is 1. The van der Waals surface area contributed by atoms with Crippen LogP contribution in [0, 0.1) is 11.8 Å². The summed E-state index contributed by atoms with van der Waals surface area (Å²) in [5.41, 5.74) is 1.64. The Bertz CT molecular complexity index is 1130. The summed E-state index contributed by atoms with van der Waals surface area (Å²) in [6.45, 7) is 0.323. The molecule has 0 fully saturated rings. The van der Waals surface area contributed by atoms with Gasteiger partial charge in [0, 0.05) is 16.1 Å². The second-order valence-electron chi connectivity index (χ2n) is 6.12. The predicted octanol–water partition coefficient (Wildman–Crippen LogP) is 4.02. The van der Waals surface area contributed by atoms with Gasteiger partial charge in [0.15, 0.2) is 5.60 Å². The lowest BCUT2D eigenvalue weighted by atomic mass is 9.87. The third-order valence-electron chi connectivity index (χ3n) is 4.37. The number of hydrogen-bond acceptors (Lipinski definition) is 3. The van der Waals surface area contributed by atoms with Gasteiger partial charge in [-0.15, -0.1) is 5.10 Å². The molecule has 5 heteroatoms. The maximum atomic E-state index is 11.4. The van der Waals surface area contributed by atoms with Crippen LogP contribution in [-0.2, 0) is 12.1 Å². The van der Waals surface area contributed by atoms with Crippen LogP contribution >= 0.6 is 11.6 Å². The third-order valence-corrected chi connectivity index (χ3v) is 4.62. The first kappa shape index (κ1) is 17.3. The SMILES string of the molecule is OC(C#CCn1nnc2ccccc21)(c1ccccc1)c1ccc(Cl)cc1. The molecular formula is C22H16ClN3O. The molecule has 0 spiro atoms. The molecule has 0 amide bonds. The van der Waals surface area contributed by atoms with Crippen molar-refractivity contribution in [2.24, 2.45) is 0 Å². The van der Waals surface area contributed by atoms with E-state index >= 15 is 0 Å². The van der Waals surface area contributed by atoms with E-state index < -0.39 is 5.60 Å². The van der Waals surface area contributed by atoms with Crippen LogP contribution in [-0.4, -0.2) is 20.1 Å². The lowest BCUT2D eigenvalue weighted by Gasteiger charge is -2.23. The Balaban J connectivity index is 1.72. The van der Waals surface area contributed by atoms with Crippen LogP contribution in [0.4, 0.5) is 0 Å². The van der Waals surface area contributed by atoms with E-state index in [9.17, 15) is 5.11 Å². The van der Waals surface area contributed by atoms with Gasteiger partial charge in [0.25, 0.3) is 0 Å². The lowest BCUT2D eigenvalue weighted by molar-refractivity contribution is 0.145. The highest BCUT2D eigenvalue weighted by Crippen LogP contribution is 2.29. The standard InChI is InChI=1S/C22H16ClN3O/c23-19-13-11-18(12-14-19)22(27,17-7-2-1-3-8-17)15-6-16-26-21-10-5-4-9-20(21)24-25-26/h1-5,7-14,27H,16H2. The van der Waals surface area contributed by atoms with Crippen LogP contribution in [0.15, 0.2) is 78.9 Å². The van der Waals surface area contributed by atoms with Crippen molar-refractivity contribution in [2.75, 3.05) is 0 Å². The predicted molar refractivity (Wildman–Crippen MR) is 106 cm³/mol.